The van der Waals surface area contributed by atoms with Gasteiger partial charge < -0.3 is 19.7 Å². The number of amides is 1. The Morgan fingerprint density at radius 2 is 1.95 bits per heavy atom. The van der Waals surface area contributed by atoms with Gasteiger partial charge in [-0.2, -0.15) is 0 Å². The van der Waals surface area contributed by atoms with Gasteiger partial charge in [-0.3, -0.25) is 4.79 Å². The monoisotopic (exact) mass is 306 g/mol. The van der Waals surface area contributed by atoms with Gasteiger partial charge in [-0.15, -0.1) is 0 Å². The van der Waals surface area contributed by atoms with Crippen LogP contribution in [0.25, 0.3) is 0 Å². The van der Waals surface area contributed by atoms with E-state index in [9.17, 15) is 4.79 Å². The predicted octanol–water partition coefficient (Wildman–Crippen LogP) is 2.53. The van der Waals surface area contributed by atoms with Crippen LogP contribution in [0.3, 0.4) is 0 Å². The average molecular weight is 306 g/mol. The number of likely N-dealkylation sites (tertiary alicyclic amines) is 1. The van der Waals surface area contributed by atoms with Gasteiger partial charge in [-0.1, -0.05) is 12.1 Å². The van der Waals surface area contributed by atoms with Crippen LogP contribution < -0.4 is 10.1 Å². The first-order valence-corrected chi connectivity index (χ1v) is 8.12. The number of nitrogens with one attached hydrogen (secondary N) is 1. The van der Waals surface area contributed by atoms with E-state index in [0.717, 1.165) is 37.4 Å². The van der Waals surface area contributed by atoms with E-state index >= 15 is 0 Å². The van der Waals surface area contributed by atoms with Crippen LogP contribution in [0.5, 0.6) is 5.75 Å². The highest BCUT2D eigenvalue weighted by molar-refractivity contribution is 5.81. The molecule has 1 aromatic rings. The van der Waals surface area contributed by atoms with Crippen molar-refractivity contribution in [3.63, 3.8) is 0 Å². The number of piperidine rings is 1. The fourth-order valence-electron chi connectivity index (χ4n) is 2.52. The fraction of sp³-hybridized carbons (Fsp3) is 0.588. The Morgan fingerprint density at radius 3 is 2.73 bits per heavy atom. The van der Waals surface area contributed by atoms with Gasteiger partial charge >= 0.3 is 0 Å². The Balaban J connectivity index is 1.82. The summed E-state index contributed by atoms with van der Waals surface area (Å²) in [6.45, 7) is 5.80. The molecule has 5 nitrogen and oxygen atoms in total. The lowest BCUT2D eigenvalue weighted by atomic mass is 10.1. The molecule has 1 amide bonds. The van der Waals surface area contributed by atoms with E-state index in [-0.39, 0.29) is 5.91 Å². The summed E-state index contributed by atoms with van der Waals surface area (Å²) in [6.07, 6.45) is 3.46. The van der Waals surface area contributed by atoms with Gasteiger partial charge in [0.25, 0.3) is 0 Å². The van der Waals surface area contributed by atoms with Gasteiger partial charge in [0.2, 0.25) is 5.91 Å². The Hall–Kier alpha value is -1.75. The van der Waals surface area contributed by atoms with Crippen LogP contribution in [0.2, 0.25) is 0 Å². The van der Waals surface area contributed by atoms with Crippen molar-refractivity contribution in [1.82, 2.24) is 4.90 Å². The Labute approximate surface area is 132 Å². The first-order valence-electron chi connectivity index (χ1n) is 8.12. The van der Waals surface area contributed by atoms with Crippen LogP contribution in [-0.4, -0.2) is 50.3 Å². The second-order valence-electron chi connectivity index (χ2n) is 5.34. The largest absolute Gasteiger partial charge is 0.489 e. The molecule has 0 spiro atoms. The van der Waals surface area contributed by atoms with Gasteiger partial charge in [-0.25, -0.2) is 0 Å². The summed E-state index contributed by atoms with van der Waals surface area (Å²) < 4.78 is 11.0. The zero-order chi connectivity index (χ0) is 15.6. The number of hydrogen-bond donors (Lipinski definition) is 1. The molecule has 0 atom stereocenters. The van der Waals surface area contributed by atoms with Gasteiger partial charge in [0.05, 0.1) is 18.8 Å². The highest BCUT2D eigenvalue weighted by Gasteiger charge is 2.16. The van der Waals surface area contributed by atoms with Crippen molar-refractivity contribution in [1.29, 1.82) is 0 Å². The maximum Gasteiger partial charge on any atom is 0.241 e. The van der Waals surface area contributed by atoms with Crippen LogP contribution in [0, 0.1) is 0 Å². The average Bonchev–Trinajstić information content (AvgIpc) is 2.58. The zero-order valence-electron chi connectivity index (χ0n) is 13.3. The third kappa shape index (κ3) is 5.22. The molecule has 1 fully saturated rings. The minimum absolute atomic E-state index is 0.156. The molecule has 1 saturated heterocycles. The maximum absolute atomic E-state index is 12.2. The van der Waals surface area contributed by atoms with E-state index in [1.165, 1.54) is 6.42 Å². The highest BCUT2D eigenvalue weighted by Crippen LogP contribution is 2.23. The summed E-state index contributed by atoms with van der Waals surface area (Å²) in [5.74, 6) is 0.914. The van der Waals surface area contributed by atoms with E-state index in [0.29, 0.717) is 26.4 Å². The number of para-hydroxylation sites is 2. The number of rotatable bonds is 8. The molecule has 122 valence electrons. The molecule has 2 rings (SSSR count). The van der Waals surface area contributed by atoms with E-state index in [4.69, 9.17) is 9.47 Å². The Morgan fingerprint density at radius 1 is 1.18 bits per heavy atom. The summed E-state index contributed by atoms with van der Waals surface area (Å²) in [5.41, 5.74) is 0.851. The minimum Gasteiger partial charge on any atom is -0.489 e. The first-order chi connectivity index (χ1) is 10.8. The Bertz CT molecular complexity index is 459. The van der Waals surface area contributed by atoms with Crippen molar-refractivity contribution >= 4 is 11.6 Å². The molecule has 0 unspecified atom stereocenters. The quantitative estimate of drug-likeness (QED) is 0.750. The number of carbonyl (C=O) groups is 1. The number of carbonyl (C=O) groups excluding carboxylic acids is 1. The van der Waals surface area contributed by atoms with Gasteiger partial charge in [-0.05, 0) is 38.3 Å². The van der Waals surface area contributed by atoms with Crippen LogP contribution in [0.4, 0.5) is 5.69 Å². The first kappa shape index (κ1) is 16.6. The van der Waals surface area contributed by atoms with E-state index < -0.39 is 0 Å². The molecular weight excluding hydrogens is 280 g/mol. The lowest BCUT2D eigenvalue weighted by Gasteiger charge is -2.27. The molecule has 0 aromatic heterocycles. The van der Waals surface area contributed by atoms with Gasteiger partial charge in [0.1, 0.15) is 12.4 Å². The van der Waals surface area contributed by atoms with Crippen molar-refractivity contribution in [3.8, 4) is 5.75 Å². The number of ether oxygens (including phenoxy) is 2. The van der Waals surface area contributed by atoms with Crippen LogP contribution in [0.15, 0.2) is 24.3 Å². The van der Waals surface area contributed by atoms with E-state index in [1.54, 1.807) is 0 Å². The minimum atomic E-state index is 0.156. The number of anilines is 1. The summed E-state index contributed by atoms with van der Waals surface area (Å²) in [7, 11) is 0. The molecule has 1 N–H and O–H groups in total. The third-order valence-corrected chi connectivity index (χ3v) is 3.72. The van der Waals surface area contributed by atoms with E-state index in [1.807, 2.05) is 36.1 Å². The third-order valence-electron chi connectivity index (χ3n) is 3.72. The number of nitrogens with zero attached hydrogens (tertiary/aromatic N) is 1. The van der Waals surface area contributed by atoms with Crippen LogP contribution in [0.1, 0.15) is 26.2 Å². The summed E-state index contributed by atoms with van der Waals surface area (Å²) >= 11 is 0. The molecule has 5 heteroatoms. The molecule has 0 bridgehead atoms. The van der Waals surface area contributed by atoms with Crippen molar-refractivity contribution in [2.45, 2.75) is 26.2 Å². The topological polar surface area (TPSA) is 50.8 Å². The molecule has 0 radical (unpaired) electrons. The number of benzene rings is 1. The standard InChI is InChI=1S/C17H26N2O3/c1-2-21-12-13-22-16-9-5-4-8-15(16)18-14-17(20)19-10-6-3-7-11-19/h4-5,8-9,18H,2-3,6-7,10-14H2,1H3. The predicted molar refractivity (Wildman–Crippen MR) is 87.4 cm³/mol. The SMILES string of the molecule is CCOCCOc1ccccc1NCC(=O)N1CCCCC1. The van der Waals surface area contributed by atoms with Gasteiger partial charge in [0, 0.05) is 19.7 Å². The summed E-state index contributed by atoms with van der Waals surface area (Å²) in [4.78, 5) is 14.1. The van der Waals surface area contributed by atoms with Gasteiger partial charge in [0.15, 0.2) is 0 Å². The molecule has 1 heterocycles. The summed E-state index contributed by atoms with van der Waals surface area (Å²) in [5, 5.41) is 3.19. The van der Waals surface area contributed by atoms with E-state index in [2.05, 4.69) is 5.32 Å². The van der Waals surface area contributed by atoms with Crippen molar-refractivity contribution in [3.05, 3.63) is 24.3 Å². The van der Waals surface area contributed by atoms with Crippen LogP contribution >= 0.6 is 0 Å². The normalized spacial score (nSPS) is 14.7. The molecule has 22 heavy (non-hydrogen) atoms. The smallest absolute Gasteiger partial charge is 0.241 e. The van der Waals surface area contributed by atoms with Crippen molar-refractivity contribution in [2.75, 3.05) is 44.8 Å². The second kappa shape index (κ2) is 9.30. The highest BCUT2D eigenvalue weighted by atomic mass is 16.5. The summed E-state index contributed by atoms with van der Waals surface area (Å²) in [6, 6.07) is 7.69. The molecular formula is C17H26N2O3. The Kier molecular flexibility index (Phi) is 7.03. The number of hydrogen-bond acceptors (Lipinski definition) is 4. The van der Waals surface area contributed by atoms with Crippen molar-refractivity contribution < 1.29 is 14.3 Å². The molecule has 1 aromatic carbocycles. The fourth-order valence-corrected chi connectivity index (χ4v) is 2.52. The van der Waals surface area contributed by atoms with Crippen molar-refractivity contribution in [2.24, 2.45) is 0 Å². The van der Waals surface area contributed by atoms with Crippen LogP contribution in [-0.2, 0) is 9.53 Å². The zero-order valence-corrected chi connectivity index (χ0v) is 13.3. The lowest BCUT2D eigenvalue weighted by molar-refractivity contribution is -0.130. The molecule has 0 aliphatic carbocycles. The lowest BCUT2D eigenvalue weighted by Crippen LogP contribution is -2.39. The molecule has 1 aliphatic heterocycles. The second-order valence-corrected chi connectivity index (χ2v) is 5.34. The maximum atomic E-state index is 12.2. The molecule has 1 aliphatic rings. The molecule has 0 saturated carbocycles.